The van der Waals surface area contributed by atoms with Crippen molar-refractivity contribution in [1.29, 1.82) is 0 Å². The van der Waals surface area contributed by atoms with E-state index in [0.717, 1.165) is 56.0 Å². The molecule has 0 amide bonds. The summed E-state index contributed by atoms with van der Waals surface area (Å²) in [5.74, 6) is 0.981. The standard InChI is InChI=1S/C26H20N3OP/c1-2-24-28-21-13-12-20(18-14-16-27-17-15-18)26-25(21)29(24)22-10-6-7-11-23(22)31(26,30)19-8-4-3-5-9-19/h3-17H,2H2,1H3. The molecule has 0 bridgehead atoms. The van der Waals surface area contributed by atoms with E-state index >= 15 is 4.57 Å². The van der Waals surface area contributed by atoms with Gasteiger partial charge in [-0.05, 0) is 41.5 Å². The van der Waals surface area contributed by atoms with E-state index in [2.05, 4.69) is 28.6 Å². The number of nitrogens with zero attached hydrogens (tertiary/aromatic N) is 3. The van der Waals surface area contributed by atoms with Crippen molar-refractivity contribution < 1.29 is 4.57 Å². The summed E-state index contributed by atoms with van der Waals surface area (Å²) in [6.07, 6.45) is 4.36. The van der Waals surface area contributed by atoms with Crippen LogP contribution in [0.1, 0.15) is 12.7 Å². The van der Waals surface area contributed by atoms with E-state index in [4.69, 9.17) is 4.98 Å². The molecule has 1 atom stereocenters. The summed E-state index contributed by atoms with van der Waals surface area (Å²) >= 11 is 0. The van der Waals surface area contributed by atoms with Gasteiger partial charge in [0.2, 0.25) is 0 Å². The fourth-order valence-electron chi connectivity index (χ4n) is 4.72. The number of imidazole rings is 1. The summed E-state index contributed by atoms with van der Waals surface area (Å²) in [7, 11) is -3.15. The lowest BCUT2D eigenvalue weighted by Gasteiger charge is -2.30. The number of pyridine rings is 1. The molecule has 4 nitrogen and oxygen atoms in total. The largest absolute Gasteiger partial charge is 0.308 e. The van der Waals surface area contributed by atoms with Crippen LogP contribution in [-0.4, -0.2) is 14.5 Å². The monoisotopic (exact) mass is 421 g/mol. The molecule has 0 saturated carbocycles. The average molecular weight is 421 g/mol. The van der Waals surface area contributed by atoms with Crippen LogP contribution in [0, 0.1) is 0 Å². The molecule has 6 rings (SSSR count). The third-order valence-electron chi connectivity index (χ3n) is 6.07. The van der Waals surface area contributed by atoms with E-state index in [1.54, 1.807) is 12.4 Å². The second kappa shape index (κ2) is 6.76. The topological polar surface area (TPSA) is 47.8 Å². The van der Waals surface area contributed by atoms with Gasteiger partial charge >= 0.3 is 0 Å². The number of aromatic nitrogens is 3. The summed E-state index contributed by atoms with van der Waals surface area (Å²) in [6, 6.07) is 26.0. The number of fused-ring (bicyclic) bond motifs is 2. The lowest BCUT2D eigenvalue weighted by Crippen LogP contribution is -2.34. The smallest absolute Gasteiger partial charge is 0.175 e. The van der Waals surface area contributed by atoms with E-state index in [1.807, 2.05) is 66.7 Å². The maximum absolute atomic E-state index is 15.3. The molecule has 2 aromatic heterocycles. The van der Waals surface area contributed by atoms with Crippen LogP contribution >= 0.6 is 7.14 Å². The molecule has 3 heterocycles. The summed E-state index contributed by atoms with van der Waals surface area (Å²) in [5, 5.41) is 2.58. The minimum absolute atomic E-state index is 0.794. The van der Waals surface area contributed by atoms with E-state index in [0.29, 0.717) is 0 Å². The van der Waals surface area contributed by atoms with Gasteiger partial charge in [0.1, 0.15) is 5.82 Å². The molecule has 1 unspecified atom stereocenters. The molecule has 3 aromatic carbocycles. The van der Waals surface area contributed by atoms with Gasteiger partial charge in [0.15, 0.2) is 7.14 Å². The first-order chi connectivity index (χ1) is 15.2. The quantitative estimate of drug-likeness (QED) is 0.392. The van der Waals surface area contributed by atoms with Crippen LogP contribution in [0.3, 0.4) is 0 Å². The Morgan fingerprint density at radius 1 is 0.871 bits per heavy atom. The molecule has 31 heavy (non-hydrogen) atoms. The number of benzene rings is 3. The lowest BCUT2D eigenvalue weighted by atomic mass is 10.1. The highest BCUT2D eigenvalue weighted by atomic mass is 31.2. The molecule has 5 heteroatoms. The van der Waals surface area contributed by atoms with Crippen LogP contribution in [0.4, 0.5) is 0 Å². The van der Waals surface area contributed by atoms with Crippen molar-refractivity contribution in [1.82, 2.24) is 14.5 Å². The second-order valence-electron chi connectivity index (χ2n) is 7.72. The number of hydrogen-bond acceptors (Lipinski definition) is 3. The Labute approximate surface area is 180 Å². The molecule has 1 aliphatic heterocycles. The predicted molar refractivity (Wildman–Crippen MR) is 127 cm³/mol. The van der Waals surface area contributed by atoms with E-state index in [1.165, 1.54) is 0 Å². The van der Waals surface area contributed by atoms with E-state index < -0.39 is 7.14 Å². The van der Waals surface area contributed by atoms with Crippen LogP contribution in [0.5, 0.6) is 0 Å². The van der Waals surface area contributed by atoms with Crippen molar-refractivity contribution in [3.05, 3.63) is 97.1 Å². The van der Waals surface area contributed by atoms with Gasteiger partial charge in [-0.1, -0.05) is 55.5 Å². The maximum Gasteiger partial charge on any atom is 0.175 e. The molecule has 150 valence electrons. The molecule has 1 aliphatic rings. The minimum atomic E-state index is -3.15. The van der Waals surface area contributed by atoms with Gasteiger partial charge in [-0.2, -0.15) is 0 Å². The second-order valence-corrected chi connectivity index (χ2v) is 10.4. The minimum Gasteiger partial charge on any atom is -0.308 e. The van der Waals surface area contributed by atoms with Gasteiger partial charge in [0.25, 0.3) is 0 Å². The fourth-order valence-corrected chi connectivity index (χ4v) is 7.94. The third-order valence-corrected chi connectivity index (χ3v) is 9.23. The summed E-state index contributed by atoms with van der Waals surface area (Å²) < 4.78 is 17.5. The fraction of sp³-hybridized carbons (Fsp3) is 0.0769. The molecule has 0 saturated heterocycles. The molecule has 0 fully saturated rings. The maximum atomic E-state index is 15.3. The van der Waals surface area contributed by atoms with Crippen LogP contribution in [0.25, 0.3) is 27.8 Å². The average Bonchev–Trinajstić information content (AvgIpc) is 3.22. The van der Waals surface area contributed by atoms with Crippen LogP contribution in [-0.2, 0) is 11.0 Å². The third kappa shape index (κ3) is 2.46. The SMILES string of the molecule is CCc1nc2ccc(-c3ccncc3)c3c2n1-c1ccccc1P3(=O)c1ccccc1. The van der Waals surface area contributed by atoms with Crippen molar-refractivity contribution in [2.75, 3.05) is 0 Å². The molecule has 5 aromatic rings. The van der Waals surface area contributed by atoms with Crippen molar-refractivity contribution >= 4 is 34.1 Å². The number of para-hydroxylation sites is 1. The summed E-state index contributed by atoms with van der Waals surface area (Å²) in [6.45, 7) is 2.11. The van der Waals surface area contributed by atoms with Gasteiger partial charge in [-0.15, -0.1) is 0 Å². The van der Waals surface area contributed by atoms with Crippen molar-refractivity contribution in [3.63, 3.8) is 0 Å². The highest BCUT2D eigenvalue weighted by Gasteiger charge is 2.41. The van der Waals surface area contributed by atoms with Crippen molar-refractivity contribution in [2.45, 2.75) is 13.3 Å². The highest BCUT2D eigenvalue weighted by Crippen LogP contribution is 2.51. The van der Waals surface area contributed by atoms with Crippen LogP contribution in [0.2, 0.25) is 0 Å². The normalized spacial score (nSPS) is 16.9. The van der Waals surface area contributed by atoms with Gasteiger partial charge in [-0.3, -0.25) is 9.55 Å². The van der Waals surface area contributed by atoms with E-state index in [-0.39, 0.29) is 0 Å². The van der Waals surface area contributed by atoms with Crippen LogP contribution in [0.15, 0.2) is 91.3 Å². The molecule has 0 N–H and O–H groups in total. The van der Waals surface area contributed by atoms with Gasteiger partial charge in [-0.25, -0.2) is 4.98 Å². The summed E-state index contributed by atoms with van der Waals surface area (Å²) in [5.41, 5.74) is 4.79. The Kier molecular flexibility index (Phi) is 3.99. The first kappa shape index (κ1) is 18.3. The van der Waals surface area contributed by atoms with Crippen molar-refractivity contribution in [2.24, 2.45) is 0 Å². The van der Waals surface area contributed by atoms with Gasteiger partial charge in [0.05, 0.1) is 22.0 Å². The van der Waals surface area contributed by atoms with Crippen LogP contribution < -0.4 is 15.9 Å². The zero-order chi connectivity index (χ0) is 21.0. The zero-order valence-corrected chi connectivity index (χ0v) is 18.0. The lowest BCUT2D eigenvalue weighted by molar-refractivity contribution is 0.592. The molecular formula is C26H20N3OP. The number of hydrogen-bond donors (Lipinski definition) is 0. The Hall–Kier alpha value is -3.49. The van der Waals surface area contributed by atoms with Gasteiger partial charge in [0, 0.05) is 29.4 Å². The molecule has 0 aliphatic carbocycles. The molecular weight excluding hydrogens is 401 g/mol. The molecule has 0 radical (unpaired) electrons. The first-order valence-corrected chi connectivity index (χ1v) is 12.1. The highest BCUT2D eigenvalue weighted by molar-refractivity contribution is 7.86. The first-order valence-electron chi connectivity index (χ1n) is 10.4. The Morgan fingerprint density at radius 3 is 2.39 bits per heavy atom. The summed E-state index contributed by atoms with van der Waals surface area (Å²) in [4.78, 5) is 9.11. The van der Waals surface area contributed by atoms with Gasteiger partial charge < -0.3 is 4.57 Å². The predicted octanol–water partition coefficient (Wildman–Crippen LogP) is 4.60. The Bertz CT molecular complexity index is 1490. The van der Waals surface area contributed by atoms with E-state index in [9.17, 15) is 0 Å². The van der Waals surface area contributed by atoms with Crippen molar-refractivity contribution in [3.8, 4) is 16.8 Å². The number of aryl methyl sites for hydroxylation is 1. The Balaban J connectivity index is 1.86. The molecule has 0 spiro atoms. The Morgan fingerprint density at radius 2 is 1.61 bits per heavy atom. The zero-order valence-electron chi connectivity index (χ0n) is 17.1. The number of rotatable bonds is 3.